The van der Waals surface area contributed by atoms with Crippen LogP contribution in [-0.2, 0) is 0 Å². The number of anilines is 7. The maximum atomic E-state index is 2.47. The highest BCUT2D eigenvalue weighted by molar-refractivity contribution is 7.25. The Labute approximate surface area is 344 Å². The molecule has 0 bridgehead atoms. The fourth-order valence-electron chi connectivity index (χ4n) is 8.28. The predicted molar refractivity (Wildman–Crippen MR) is 250 cm³/mol. The Morgan fingerprint density at radius 2 is 1.05 bits per heavy atom. The lowest BCUT2D eigenvalue weighted by molar-refractivity contribution is 1.06. The van der Waals surface area contributed by atoms with Crippen molar-refractivity contribution in [1.82, 2.24) is 0 Å². The van der Waals surface area contributed by atoms with Gasteiger partial charge in [0.25, 0.3) is 0 Å². The van der Waals surface area contributed by atoms with Crippen molar-refractivity contribution in [2.45, 2.75) is 6.92 Å². The largest absolute Gasteiger partial charge is 0.337 e. The molecule has 10 rings (SSSR count). The number of benzene rings is 8. The molecule has 58 heavy (non-hydrogen) atoms. The number of thiophene rings is 1. The number of hydrogen-bond donors (Lipinski definition) is 0. The maximum Gasteiger partial charge on any atom is 0.0540 e. The van der Waals surface area contributed by atoms with Gasteiger partial charge >= 0.3 is 0 Å². The van der Waals surface area contributed by atoms with E-state index >= 15 is 0 Å². The molecule has 1 aliphatic rings. The summed E-state index contributed by atoms with van der Waals surface area (Å²) in [5.41, 5.74) is 13.8. The highest BCUT2D eigenvalue weighted by Gasteiger charge is 2.23. The minimum absolute atomic E-state index is 0.693. The Bertz CT molecular complexity index is 2890. The fraction of sp³-hybridized carbons (Fsp3) is 0.0370. The van der Waals surface area contributed by atoms with Gasteiger partial charge in [0, 0.05) is 77.7 Å². The average Bonchev–Trinajstić information content (AvgIpc) is 3.65. The van der Waals surface area contributed by atoms with Crippen LogP contribution in [0.4, 0.5) is 39.8 Å². The number of hydrogen-bond acceptors (Lipinski definition) is 4. The van der Waals surface area contributed by atoms with Crippen molar-refractivity contribution in [3.05, 3.63) is 230 Å². The summed E-state index contributed by atoms with van der Waals surface area (Å²) in [6.07, 6.45) is 4.76. The molecule has 0 N–H and O–H groups in total. The van der Waals surface area contributed by atoms with E-state index in [4.69, 9.17) is 0 Å². The van der Waals surface area contributed by atoms with Crippen LogP contribution in [0.15, 0.2) is 224 Å². The molecule has 0 unspecified atom stereocenters. The second-order valence-electron chi connectivity index (χ2n) is 14.6. The molecule has 8 aromatic carbocycles. The molecule has 278 valence electrons. The van der Waals surface area contributed by atoms with Crippen molar-refractivity contribution >= 4 is 76.9 Å². The average molecular weight is 764 g/mol. The summed E-state index contributed by atoms with van der Waals surface area (Å²) < 4.78 is 2.62. The molecular weight excluding hydrogens is 723 g/mol. The highest BCUT2D eigenvalue weighted by atomic mass is 32.1. The van der Waals surface area contributed by atoms with Crippen LogP contribution >= 0.6 is 11.3 Å². The fourth-order valence-corrected chi connectivity index (χ4v) is 9.41. The van der Waals surface area contributed by atoms with E-state index in [0.29, 0.717) is 6.54 Å². The van der Waals surface area contributed by atoms with E-state index in [9.17, 15) is 0 Å². The summed E-state index contributed by atoms with van der Waals surface area (Å²) in [6.45, 7) is 2.95. The van der Waals surface area contributed by atoms with E-state index in [0.717, 1.165) is 45.3 Å². The van der Waals surface area contributed by atoms with Crippen LogP contribution in [0, 0.1) is 0 Å². The van der Waals surface area contributed by atoms with Gasteiger partial charge in [0.05, 0.1) is 5.69 Å². The monoisotopic (exact) mass is 763 g/mol. The number of allylic oxidation sites excluding steroid dienone is 2. The molecule has 1 aliphatic heterocycles. The third-order valence-electron chi connectivity index (χ3n) is 11.0. The molecule has 2 heterocycles. The lowest BCUT2D eigenvalue weighted by atomic mass is 9.97. The first kappa shape index (κ1) is 35.3. The van der Waals surface area contributed by atoms with Crippen LogP contribution < -0.4 is 14.7 Å². The van der Waals surface area contributed by atoms with E-state index in [1.165, 1.54) is 42.7 Å². The minimum atomic E-state index is 0.693. The van der Waals surface area contributed by atoms with E-state index in [-0.39, 0.29) is 0 Å². The van der Waals surface area contributed by atoms with E-state index in [1.54, 1.807) is 0 Å². The molecule has 0 saturated carbocycles. The zero-order valence-electron chi connectivity index (χ0n) is 32.2. The van der Waals surface area contributed by atoms with Gasteiger partial charge in [-0.1, -0.05) is 121 Å². The third kappa shape index (κ3) is 6.64. The Kier molecular flexibility index (Phi) is 9.38. The standard InChI is InChI=1S/C54H41N3S/c1-39-35-46(33-34-55(41-20-6-2-7-21-41)52-37-50-48-30-15-17-32-53(48)58-54(50)38-49(39)52)56(42-22-8-3-9-23-42)45-28-18-19-40(36-45)47-29-14-16-31-51(47)57(43-24-10-4-11-25-43)44-26-12-5-13-27-44/h2-33,35-38H,34H2,1H3/b39-35+,46-33+. The van der Waals surface area contributed by atoms with Gasteiger partial charge < -0.3 is 14.7 Å². The van der Waals surface area contributed by atoms with Crippen LogP contribution in [0.3, 0.4) is 0 Å². The molecule has 0 saturated heterocycles. The molecule has 9 aromatic rings. The van der Waals surface area contributed by atoms with E-state index < -0.39 is 0 Å². The Balaban J connectivity index is 1.13. The number of fused-ring (bicyclic) bond motifs is 4. The highest BCUT2D eigenvalue weighted by Crippen LogP contribution is 2.45. The number of rotatable bonds is 8. The molecule has 1 aromatic heterocycles. The summed E-state index contributed by atoms with van der Waals surface area (Å²) >= 11 is 1.87. The lowest BCUT2D eigenvalue weighted by Gasteiger charge is -2.32. The van der Waals surface area contributed by atoms with Gasteiger partial charge in [0.2, 0.25) is 0 Å². The molecule has 0 radical (unpaired) electrons. The molecule has 4 heteroatoms. The van der Waals surface area contributed by atoms with Crippen molar-refractivity contribution in [2.24, 2.45) is 0 Å². The summed E-state index contributed by atoms with van der Waals surface area (Å²) in [5, 5.41) is 2.62. The van der Waals surface area contributed by atoms with Crippen LogP contribution in [-0.4, -0.2) is 6.54 Å². The molecular formula is C54H41N3S. The van der Waals surface area contributed by atoms with Crippen molar-refractivity contribution in [2.75, 3.05) is 21.2 Å². The van der Waals surface area contributed by atoms with E-state index in [2.05, 4.69) is 240 Å². The smallest absolute Gasteiger partial charge is 0.0540 e. The first-order valence-corrected chi connectivity index (χ1v) is 20.6. The zero-order chi connectivity index (χ0) is 38.8. The second-order valence-corrected chi connectivity index (χ2v) is 15.7. The quantitative estimate of drug-likeness (QED) is 0.153. The van der Waals surface area contributed by atoms with E-state index in [1.807, 2.05) is 11.3 Å². The summed E-state index contributed by atoms with van der Waals surface area (Å²) in [5.74, 6) is 0. The van der Waals surface area contributed by atoms with Crippen LogP contribution in [0.2, 0.25) is 0 Å². The van der Waals surface area contributed by atoms with Crippen molar-refractivity contribution in [3.8, 4) is 11.1 Å². The first-order chi connectivity index (χ1) is 28.7. The minimum Gasteiger partial charge on any atom is -0.337 e. The summed E-state index contributed by atoms with van der Waals surface area (Å²) in [7, 11) is 0. The third-order valence-corrected chi connectivity index (χ3v) is 12.1. The first-order valence-electron chi connectivity index (χ1n) is 19.8. The zero-order valence-corrected chi connectivity index (χ0v) is 33.1. The second kappa shape index (κ2) is 15.4. The van der Waals surface area contributed by atoms with Crippen LogP contribution in [0.25, 0.3) is 36.9 Å². The predicted octanol–water partition coefficient (Wildman–Crippen LogP) is 15.5. The van der Waals surface area contributed by atoms with Crippen LogP contribution in [0.1, 0.15) is 12.5 Å². The topological polar surface area (TPSA) is 9.72 Å². The van der Waals surface area contributed by atoms with Crippen molar-refractivity contribution in [3.63, 3.8) is 0 Å². The van der Waals surface area contributed by atoms with Gasteiger partial charge in [0.15, 0.2) is 0 Å². The number of para-hydroxylation sites is 5. The Morgan fingerprint density at radius 3 is 1.76 bits per heavy atom. The molecule has 0 atom stereocenters. The van der Waals surface area contributed by atoms with Gasteiger partial charge in [-0.25, -0.2) is 0 Å². The van der Waals surface area contributed by atoms with Gasteiger partial charge in [-0.2, -0.15) is 0 Å². The van der Waals surface area contributed by atoms with Crippen LogP contribution in [0.5, 0.6) is 0 Å². The number of nitrogens with zero attached hydrogens (tertiary/aromatic N) is 3. The van der Waals surface area contributed by atoms with Gasteiger partial charge in [0.1, 0.15) is 0 Å². The molecule has 0 amide bonds. The molecule has 3 nitrogen and oxygen atoms in total. The van der Waals surface area contributed by atoms with Gasteiger partial charge in [-0.15, -0.1) is 11.3 Å². The van der Waals surface area contributed by atoms with Crippen molar-refractivity contribution in [1.29, 1.82) is 0 Å². The summed E-state index contributed by atoms with van der Waals surface area (Å²) in [6, 6.07) is 74.2. The lowest BCUT2D eigenvalue weighted by Crippen LogP contribution is -2.23. The Morgan fingerprint density at radius 1 is 0.466 bits per heavy atom. The SMILES string of the molecule is C/C1=C\C(N(c2ccccc2)c2cccc(-c3ccccc3N(c3ccccc3)c3ccccc3)c2)=C/CN(c2ccccc2)c2cc3c(cc21)sc1ccccc13. The van der Waals surface area contributed by atoms with Gasteiger partial charge in [-0.3, -0.25) is 0 Å². The molecule has 0 aliphatic carbocycles. The maximum absolute atomic E-state index is 2.47. The molecule has 0 spiro atoms. The summed E-state index contributed by atoms with van der Waals surface area (Å²) in [4.78, 5) is 7.23. The van der Waals surface area contributed by atoms with Gasteiger partial charge in [-0.05, 0) is 115 Å². The normalized spacial score (nSPS) is 14.5. The Hall–Kier alpha value is -7.14. The molecule has 0 fully saturated rings. The van der Waals surface area contributed by atoms with Crippen molar-refractivity contribution < 1.29 is 0 Å².